The summed E-state index contributed by atoms with van der Waals surface area (Å²) in [4.78, 5) is 24.8. The fourth-order valence-electron chi connectivity index (χ4n) is 1.96. The van der Waals surface area contributed by atoms with Gasteiger partial charge in [-0.15, -0.1) is 6.58 Å². The van der Waals surface area contributed by atoms with Crippen LogP contribution in [0.25, 0.3) is 0 Å². The van der Waals surface area contributed by atoms with E-state index in [0.29, 0.717) is 13.1 Å². The summed E-state index contributed by atoms with van der Waals surface area (Å²) in [5.74, 6) is -1.04. The number of anilines is 1. The van der Waals surface area contributed by atoms with Crippen LogP contribution in [0.5, 0.6) is 0 Å². The smallest absolute Gasteiger partial charge is 0.304 e. The standard InChI is InChI=1S/C16H22N2O3/c1-4-10-18(11-9-15(19)20)13(3)16(21)17-14-8-6-5-7-12(14)2/h4-8,13H,1,9-11H2,2-3H3,(H,17,21)(H,19,20). The predicted molar refractivity (Wildman–Crippen MR) is 83.3 cm³/mol. The van der Waals surface area contributed by atoms with E-state index in [9.17, 15) is 9.59 Å². The van der Waals surface area contributed by atoms with Gasteiger partial charge in [-0.3, -0.25) is 14.5 Å². The zero-order chi connectivity index (χ0) is 15.8. The molecule has 0 spiro atoms. The van der Waals surface area contributed by atoms with Gasteiger partial charge in [-0.05, 0) is 25.5 Å². The number of carboxylic acid groups (broad SMARTS) is 1. The van der Waals surface area contributed by atoms with E-state index in [-0.39, 0.29) is 12.3 Å². The van der Waals surface area contributed by atoms with E-state index in [1.165, 1.54) is 0 Å². The van der Waals surface area contributed by atoms with Crippen molar-refractivity contribution in [1.82, 2.24) is 4.90 Å². The molecule has 1 aromatic rings. The molecule has 5 nitrogen and oxygen atoms in total. The summed E-state index contributed by atoms with van der Waals surface area (Å²) in [6, 6.07) is 7.10. The number of carboxylic acids is 1. The Labute approximate surface area is 125 Å². The van der Waals surface area contributed by atoms with Crippen molar-refractivity contribution < 1.29 is 14.7 Å². The van der Waals surface area contributed by atoms with Gasteiger partial charge in [0.1, 0.15) is 0 Å². The molecule has 0 saturated heterocycles. The topological polar surface area (TPSA) is 69.6 Å². The van der Waals surface area contributed by atoms with E-state index in [1.54, 1.807) is 17.9 Å². The SMILES string of the molecule is C=CCN(CCC(=O)O)C(C)C(=O)Nc1ccccc1C. The first-order valence-corrected chi connectivity index (χ1v) is 6.89. The van der Waals surface area contributed by atoms with Gasteiger partial charge in [0.15, 0.2) is 0 Å². The van der Waals surface area contributed by atoms with Crippen LogP contribution < -0.4 is 5.32 Å². The molecular formula is C16H22N2O3. The molecule has 0 aliphatic carbocycles. The predicted octanol–water partition coefficient (Wildman–Crippen LogP) is 2.28. The highest BCUT2D eigenvalue weighted by atomic mass is 16.4. The van der Waals surface area contributed by atoms with Crippen molar-refractivity contribution in [3.05, 3.63) is 42.5 Å². The number of aryl methyl sites for hydroxylation is 1. The number of para-hydroxylation sites is 1. The molecular weight excluding hydrogens is 268 g/mol. The monoisotopic (exact) mass is 290 g/mol. The quantitative estimate of drug-likeness (QED) is 0.721. The summed E-state index contributed by atoms with van der Waals surface area (Å²) in [7, 11) is 0. The first-order chi connectivity index (χ1) is 9.95. The molecule has 1 aromatic carbocycles. The average Bonchev–Trinajstić information content (AvgIpc) is 2.45. The second-order valence-electron chi connectivity index (χ2n) is 4.91. The van der Waals surface area contributed by atoms with Crippen LogP contribution in [0.4, 0.5) is 5.69 Å². The number of rotatable bonds is 8. The summed E-state index contributed by atoms with van der Waals surface area (Å²) in [6.07, 6.45) is 1.66. The van der Waals surface area contributed by atoms with Crippen molar-refractivity contribution in [3.8, 4) is 0 Å². The molecule has 0 fully saturated rings. The maximum Gasteiger partial charge on any atom is 0.304 e. The van der Waals surface area contributed by atoms with Crippen molar-refractivity contribution in [2.75, 3.05) is 18.4 Å². The van der Waals surface area contributed by atoms with E-state index in [4.69, 9.17) is 5.11 Å². The normalized spacial score (nSPS) is 12.0. The lowest BCUT2D eigenvalue weighted by atomic mass is 10.2. The third-order valence-corrected chi connectivity index (χ3v) is 3.31. The number of hydrogen-bond donors (Lipinski definition) is 2. The molecule has 1 atom stereocenters. The minimum atomic E-state index is -0.879. The van der Waals surface area contributed by atoms with Gasteiger partial charge in [-0.25, -0.2) is 0 Å². The van der Waals surface area contributed by atoms with E-state index in [0.717, 1.165) is 11.3 Å². The van der Waals surface area contributed by atoms with Crippen LogP contribution in [-0.4, -0.2) is 41.0 Å². The molecule has 2 N–H and O–H groups in total. The summed E-state index contributed by atoms with van der Waals surface area (Å²) in [5, 5.41) is 11.6. The lowest BCUT2D eigenvalue weighted by Crippen LogP contribution is -2.43. The van der Waals surface area contributed by atoms with Gasteiger partial charge >= 0.3 is 5.97 Å². The third kappa shape index (κ3) is 5.39. The molecule has 114 valence electrons. The second-order valence-corrected chi connectivity index (χ2v) is 4.91. The second kappa shape index (κ2) is 8.21. The molecule has 0 aliphatic rings. The fraction of sp³-hybridized carbons (Fsp3) is 0.375. The average molecular weight is 290 g/mol. The van der Waals surface area contributed by atoms with Gasteiger partial charge in [0.05, 0.1) is 12.5 Å². The molecule has 5 heteroatoms. The van der Waals surface area contributed by atoms with Crippen LogP contribution in [0.2, 0.25) is 0 Å². The Morgan fingerprint density at radius 3 is 2.67 bits per heavy atom. The van der Waals surface area contributed by atoms with Crippen LogP contribution >= 0.6 is 0 Å². The van der Waals surface area contributed by atoms with Crippen LogP contribution in [0.3, 0.4) is 0 Å². The van der Waals surface area contributed by atoms with E-state index in [2.05, 4.69) is 11.9 Å². The van der Waals surface area contributed by atoms with Gasteiger partial charge < -0.3 is 10.4 Å². The van der Waals surface area contributed by atoms with Gasteiger partial charge in [0, 0.05) is 18.8 Å². The highest BCUT2D eigenvalue weighted by molar-refractivity contribution is 5.95. The van der Waals surface area contributed by atoms with Gasteiger partial charge in [0.2, 0.25) is 5.91 Å². The van der Waals surface area contributed by atoms with Crippen LogP contribution in [0.1, 0.15) is 18.9 Å². The zero-order valence-electron chi connectivity index (χ0n) is 12.5. The Morgan fingerprint density at radius 1 is 1.43 bits per heavy atom. The van der Waals surface area contributed by atoms with Crippen molar-refractivity contribution in [1.29, 1.82) is 0 Å². The van der Waals surface area contributed by atoms with Crippen molar-refractivity contribution >= 4 is 17.6 Å². The highest BCUT2D eigenvalue weighted by Gasteiger charge is 2.21. The summed E-state index contributed by atoms with van der Waals surface area (Å²) in [6.45, 7) is 8.11. The first kappa shape index (κ1) is 16.9. The van der Waals surface area contributed by atoms with E-state index >= 15 is 0 Å². The molecule has 0 heterocycles. The molecule has 0 bridgehead atoms. The van der Waals surface area contributed by atoms with Gasteiger partial charge in [-0.2, -0.15) is 0 Å². The molecule has 1 rings (SSSR count). The third-order valence-electron chi connectivity index (χ3n) is 3.31. The number of carbonyl (C=O) groups excluding carboxylic acids is 1. The molecule has 1 unspecified atom stereocenters. The number of hydrogen-bond acceptors (Lipinski definition) is 3. The number of benzene rings is 1. The lowest BCUT2D eigenvalue weighted by molar-refractivity contribution is -0.137. The Kier molecular flexibility index (Phi) is 6.62. The van der Waals surface area contributed by atoms with Crippen molar-refractivity contribution in [3.63, 3.8) is 0 Å². The number of nitrogens with zero attached hydrogens (tertiary/aromatic N) is 1. The van der Waals surface area contributed by atoms with Crippen LogP contribution in [-0.2, 0) is 9.59 Å². The first-order valence-electron chi connectivity index (χ1n) is 6.89. The molecule has 0 saturated carbocycles. The molecule has 0 aromatic heterocycles. The summed E-state index contributed by atoms with van der Waals surface area (Å²) in [5.41, 5.74) is 1.75. The maximum absolute atomic E-state index is 12.3. The minimum Gasteiger partial charge on any atom is -0.481 e. The Bertz CT molecular complexity index is 514. The fourth-order valence-corrected chi connectivity index (χ4v) is 1.96. The summed E-state index contributed by atoms with van der Waals surface area (Å²) >= 11 is 0. The number of amides is 1. The van der Waals surface area contributed by atoms with Crippen LogP contribution in [0.15, 0.2) is 36.9 Å². The number of aliphatic carboxylic acids is 1. The van der Waals surface area contributed by atoms with Crippen molar-refractivity contribution in [2.45, 2.75) is 26.3 Å². The van der Waals surface area contributed by atoms with Gasteiger partial charge in [0.25, 0.3) is 0 Å². The number of nitrogens with one attached hydrogen (secondary N) is 1. The highest BCUT2D eigenvalue weighted by Crippen LogP contribution is 2.14. The molecule has 0 radical (unpaired) electrons. The molecule has 0 aliphatic heterocycles. The summed E-state index contributed by atoms with van der Waals surface area (Å²) < 4.78 is 0. The largest absolute Gasteiger partial charge is 0.481 e. The minimum absolute atomic E-state index is 0.00414. The van der Waals surface area contributed by atoms with E-state index in [1.807, 2.05) is 31.2 Å². The molecule has 21 heavy (non-hydrogen) atoms. The molecule has 1 amide bonds. The Morgan fingerprint density at radius 2 is 2.10 bits per heavy atom. The number of carbonyl (C=O) groups is 2. The van der Waals surface area contributed by atoms with Gasteiger partial charge in [-0.1, -0.05) is 24.3 Å². The lowest BCUT2D eigenvalue weighted by Gasteiger charge is -2.26. The maximum atomic E-state index is 12.3. The van der Waals surface area contributed by atoms with Crippen LogP contribution in [0, 0.1) is 6.92 Å². The Balaban J connectivity index is 2.71. The zero-order valence-corrected chi connectivity index (χ0v) is 12.5. The van der Waals surface area contributed by atoms with E-state index < -0.39 is 12.0 Å². The van der Waals surface area contributed by atoms with Crippen molar-refractivity contribution in [2.24, 2.45) is 0 Å². The Hall–Kier alpha value is -2.14.